The Labute approximate surface area is 296 Å². The molecule has 0 spiro atoms. The second-order valence-electron chi connectivity index (χ2n) is 17.6. The van der Waals surface area contributed by atoms with E-state index in [0.29, 0.717) is 0 Å². The van der Waals surface area contributed by atoms with Gasteiger partial charge in [0.2, 0.25) is 0 Å². The van der Waals surface area contributed by atoms with E-state index in [4.69, 9.17) is 0 Å². The first-order valence-corrected chi connectivity index (χ1v) is 18.5. The maximum Gasteiger partial charge on any atom is -0.00208 e. The Hall–Kier alpha value is -3.04. The first-order valence-electron chi connectivity index (χ1n) is 17.4. The van der Waals surface area contributed by atoms with Crippen LogP contribution >= 0.6 is 18.5 Å². The van der Waals surface area contributed by atoms with Gasteiger partial charge in [0.25, 0.3) is 0 Å². The van der Waals surface area contributed by atoms with E-state index in [0.717, 1.165) is 0 Å². The normalized spacial score (nSPS) is 12.8. The largest absolute Gasteiger partial charge is 0.104 e. The minimum atomic E-state index is 0.0861. The molecule has 0 aliphatic heterocycles. The number of hydrogen-bond donors (Lipinski definition) is 0. The van der Waals surface area contributed by atoms with Gasteiger partial charge in [0, 0.05) is 0 Å². The van der Waals surface area contributed by atoms with Gasteiger partial charge in [0.05, 0.1) is 0 Å². The van der Waals surface area contributed by atoms with Crippen molar-refractivity contribution in [3.8, 4) is 44.5 Å². The third-order valence-electron chi connectivity index (χ3n) is 9.74. The average Bonchev–Trinajstić information content (AvgIpc) is 3.00. The summed E-state index contributed by atoms with van der Waals surface area (Å²) >= 11 is 0. The van der Waals surface area contributed by atoms with E-state index in [2.05, 4.69) is 199 Å². The van der Waals surface area contributed by atoms with E-state index in [-0.39, 0.29) is 21.7 Å². The summed E-state index contributed by atoms with van der Waals surface area (Å²) in [5.41, 5.74) is 15.7. The molecule has 0 saturated heterocycles. The topological polar surface area (TPSA) is 0 Å². The Morgan fingerprint density at radius 2 is 0.417 bits per heavy atom. The fourth-order valence-electron chi connectivity index (χ4n) is 6.54. The maximum absolute atomic E-state index is 3.20. The number of rotatable bonds is 4. The van der Waals surface area contributed by atoms with E-state index >= 15 is 0 Å². The third-order valence-corrected chi connectivity index (χ3v) is 10.9. The molecule has 5 rings (SSSR count). The molecule has 0 aliphatic rings. The lowest BCUT2D eigenvalue weighted by Crippen LogP contribution is -2.17. The molecule has 48 heavy (non-hydrogen) atoms. The molecule has 5 aromatic carbocycles. The second kappa shape index (κ2) is 13.0. The maximum atomic E-state index is 3.20. The molecule has 0 radical (unpaired) electrons. The van der Waals surface area contributed by atoms with Crippen LogP contribution in [0.4, 0.5) is 0 Å². The Balaban J connectivity index is 1.89. The van der Waals surface area contributed by atoms with Crippen LogP contribution < -0.4 is 10.6 Å². The van der Waals surface area contributed by atoms with Crippen molar-refractivity contribution in [3.63, 3.8) is 0 Å². The lowest BCUT2D eigenvalue weighted by molar-refractivity contribution is 0.590. The number of hydrogen-bond acceptors (Lipinski definition) is 0. The molecule has 0 N–H and O–H groups in total. The van der Waals surface area contributed by atoms with Gasteiger partial charge in [-0.05, 0) is 99.0 Å². The molecule has 0 bridgehead atoms. The highest BCUT2D eigenvalue weighted by Gasteiger charge is 2.26. The van der Waals surface area contributed by atoms with Gasteiger partial charge in [-0.2, -0.15) is 0 Å². The van der Waals surface area contributed by atoms with E-state index in [1.54, 1.807) is 0 Å². The molecule has 0 heterocycles. The fraction of sp³-hybridized carbons (Fsp3) is 0.348. The zero-order chi connectivity index (χ0) is 35.4. The van der Waals surface area contributed by atoms with Crippen LogP contribution in [-0.2, 0) is 21.7 Å². The third kappa shape index (κ3) is 7.42. The van der Waals surface area contributed by atoms with Gasteiger partial charge < -0.3 is 0 Å². The highest BCUT2D eigenvalue weighted by molar-refractivity contribution is 7.30. The lowest BCUT2D eigenvalue weighted by Gasteiger charge is -2.27. The quantitative estimate of drug-likeness (QED) is 0.167. The van der Waals surface area contributed by atoms with Crippen molar-refractivity contribution >= 4 is 29.1 Å². The van der Waals surface area contributed by atoms with Crippen LogP contribution in [0, 0.1) is 0 Å². The fourth-order valence-corrected chi connectivity index (χ4v) is 7.78. The smallest absolute Gasteiger partial charge is 0.00208 e. The Morgan fingerprint density at radius 1 is 0.271 bits per heavy atom. The predicted molar refractivity (Wildman–Crippen MR) is 222 cm³/mol. The molecule has 2 atom stereocenters. The van der Waals surface area contributed by atoms with E-state index < -0.39 is 0 Å². The summed E-state index contributed by atoms with van der Waals surface area (Å²) in [6.45, 7) is 27.4. The van der Waals surface area contributed by atoms with Crippen LogP contribution in [0.5, 0.6) is 0 Å². The van der Waals surface area contributed by atoms with Crippen molar-refractivity contribution < 1.29 is 0 Å². The summed E-state index contributed by atoms with van der Waals surface area (Å²) in [7, 11) is 6.41. The molecule has 0 aromatic heterocycles. The van der Waals surface area contributed by atoms with Crippen molar-refractivity contribution in [2.45, 2.75) is 105 Å². The molecule has 0 fully saturated rings. The summed E-state index contributed by atoms with van der Waals surface area (Å²) in [5.74, 6) is 0. The summed E-state index contributed by atoms with van der Waals surface area (Å²) < 4.78 is 0. The molecule has 0 amide bonds. The minimum absolute atomic E-state index is 0.0861. The van der Waals surface area contributed by atoms with Crippen LogP contribution in [0.2, 0.25) is 0 Å². The first kappa shape index (κ1) is 36.2. The second-order valence-corrected chi connectivity index (χ2v) is 18.8. The van der Waals surface area contributed by atoms with Gasteiger partial charge in [-0.3, -0.25) is 0 Å². The van der Waals surface area contributed by atoms with Crippen molar-refractivity contribution in [3.05, 3.63) is 119 Å². The van der Waals surface area contributed by atoms with Crippen LogP contribution in [0.1, 0.15) is 105 Å². The van der Waals surface area contributed by atoms with Crippen molar-refractivity contribution in [2.24, 2.45) is 0 Å². The van der Waals surface area contributed by atoms with Crippen LogP contribution in [-0.4, -0.2) is 0 Å². The molecule has 250 valence electrons. The Bertz CT molecular complexity index is 1610. The predicted octanol–water partition coefficient (Wildman–Crippen LogP) is 12.5. The van der Waals surface area contributed by atoms with Gasteiger partial charge in [0.1, 0.15) is 0 Å². The molecule has 0 aliphatic carbocycles. The van der Waals surface area contributed by atoms with E-state index in [9.17, 15) is 0 Å². The first-order chi connectivity index (χ1) is 22.2. The Morgan fingerprint density at radius 3 is 0.542 bits per heavy atom. The summed E-state index contributed by atoms with van der Waals surface area (Å²) in [4.78, 5) is 0. The van der Waals surface area contributed by atoms with Crippen LogP contribution in [0.25, 0.3) is 44.5 Å². The molecular formula is C46H56P2. The highest BCUT2D eigenvalue weighted by atomic mass is 31.0. The Kier molecular flexibility index (Phi) is 9.83. The molecule has 5 aromatic rings. The van der Waals surface area contributed by atoms with Gasteiger partial charge in [-0.15, -0.1) is 18.5 Å². The van der Waals surface area contributed by atoms with Crippen molar-refractivity contribution in [2.75, 3.05) is 0 Å². The van der Waals surface area contributed by atoms with E-state index in [1.807, 2.05) is 0 Å². The molecule has 2 unspecified atom stereocenters. The zero-order valence-electron chi connectivity index (χ0n) is 31.4. The standard InChI is InChI=1S/C46H56P2/c1-43(2,3)33-21-13-29(14-22-33)37-38(30-15-23-34(24-16-30)44(4,5)6)42(48)40(32-19-27-36(28-20-32)46(10,11)12)39(41(37)47)31-17-25-35(26-18-31)45(7,8)9/h13-28H,47-48H2,1-12H3. The van der Waals surface area contributed by atoms with Crippen LogP contribution in [0.3, 0.4) is 0 Å². The molecule has 0 nitrogen and oxygen atoms in total. The van der Waals surface area contributed by atoms with Gasteiger partial charge >= 0.3 is 0 Å². The molecule has 2 heteroatoms. The monoisotopic (exact) mass is 670 g/mol. The summed E-state index contributed by atoms with van der Waals surface area (Å²) in [5, 5.41) is 2.44. The van der Waals surface area contributed by atoms with Crippen LogP contribution in [0.15, 0.2) is 97.1 Å². The molecule has 0 saturated carbocycles. The molecular weight excluding hydrogens is 614 g/mol. The zero-order valence-corrected chi connectivity index (χ0v) is 33.7. The van der Waals surface area contributed by atoms with Gasteiger partial charge in [-0.1, -0.05) is 180 Å². The number of benzene rings is 5. The van der Waals surface area contributed by atoms with Gasteiger partial charge in [-0.25, -0.2) is 0 Å². The van der Waals surface area contributed by atoms with Crippen molar-refractivity contribution in [1.82, 2.24) is 0 Å². The van der Waals surface area contributed by atoms with Crippen molar-refractivity contribution in [1.29, 1.82) is 0 Å². The van der Waals surface area contributed by atoms with E-state index in [1.165, 1.54) is 77.4 Å². The van der Waals surface area contributed by atoms with Gasteiger partial charge in [0.15, 0.2) is 0 Å². The SMILES string of the molecule is CC(C)(C)c1ccc(-c2c(P)c(-c3ccc(C(C)(C)C)cc3)c(-c3ccc(C(C)(C)C)cc3)c(P)c2-c2ccc(C(C)(C)C)cc2)cc1. The summed E-state index contributed by atoms with van der Waals surface area (Å²) in [6, 6.07) is 37.1. The minimum Gasteiger partial charge on any atom is -0.104 e. The highest BCUT2D eigenvalue weighted by Crippen LogP contribution is 2.43. The summed E-state index contributed by atoms with van der Waals surface area (Å²) in [6.07, 6.45) is 0. The average molecular weight is 671 g/mol. The lowest BCUT2D eigenvalue weighted by atomic mass is 9.81.